The molecule has 0 radical (unpaired) electrons. The molecular weight excluding hydrogens is 276 g/mol. The maximum atomic E-state index is 12.3. The van der Waals surface area contributed by atoms with Gasteiger partial charge in [0.2, 0.25) is 0 Å². The van der Waals surface area contributed by atoms with Crippen LogP contribution >= 0.6 is 0 Å². The van der Waals surface area contributed by atoms with E-state index in [0.29, 0.717) is 5.92 Å². The number of para-hydroxylation sites is 1. The van der Waals surface area contributed by atoms with Crippen molar-refractivity contribution in [1.29, 1.82) is 0 Å². The van der Waals surface area contributed by atoms with E-state index in [4.69, 9.17) is 4.74 Å². The van der Waals surface area contributed by atoms with E-state index in [9.17, 15) is 4.79 Å². The van der Waals surface area contributed by atoms with Crippen LogP contribution in [0, 0.1) is 0 Å². The molecule has 1 heterocycles. The van der Waals surface area contributed by atoms with E-state index in [0.717, 1.165) is 31.7 Å². The summed E-state index contributed by atoms with van der Waals surface area (Å²) >= 11 is 0. The van der Waals surface area contributed by atoms with Gasteiger partial charge in [-0.25, -0.2) is 4.79 Å². The van der Waals surface area contributed by atoms with Gasteiger partial charge in [0.25, 0.3) is 0 Å². The molecule has 1 aliphatic heterocycles. The predicted octanol–water partition coefficient (Wildman–Crippen LogP) is 4.12. The van der Waals surface area contributed by atoms with Gasteiger partial charge in [0.05, 0.1) is 0 Å². The van der Waals surface area contributed by atoms with Crippen molar-refractivity contribution in [3.8, 4) is 5.75 Å². The summed E-state index contributed by atoms with van der Waals surface area (Å²) in [5, 5.41) is 2.96. The fraction of sp³-hybridized carbons (Fsp3) is 0.611. The van der Waals surface area contributed by atoms with E-state index in [1.807, 2.05) is 30.0 Å². The lowest BCUT2D eigenvalue weighted by atomic mass is 10.0. The summed E-state index contributed by atoms with van der Waals surface area (Å²) in [4.78, 5) is 14.2. The summed E-state index contributed by atoms with van der Waals surface area (Å²) < 4.78 is 5.94. The number of rotatable bonds is 4. The average Bonchev–Trinajstić information content (AvgIpc) is 2.76. The van der Waals surface area contributed by atoms with Crippen LogP contribution in [-0.4, -0.2) is 30.2 Å². The second kappa shape index (κ2) is 8.06. The highest BCUT2D eigenvalue weighted by Gasteiger charge is 2.18. The summed E-state index contributed by atoms with van der Waals surface area (Å²) in [6, 6.07) is 8.00. The number of carbonyl (C=O) groups excluding carboxylic acids is 1. The minimum atomic E-state index is -0.337. The van der Waals surface area contributed by atoms with Gasteiger partial charge in [-0.1, -0.05) is 44.9 Å². The largest absolute Gasteiger partial charge is 0.471 e. The molecule has 4 nitrogen and oxygen atoms in total. The van der Waals surface area contributed by atoms with Crippen molar-refractivity contribution in [1.82, 2.24) is 10.2 Å². The van der Waals surface area contributed by atoms with E-state index < -0.39 is 0 Å². The molecule has 122 valence electrons. The summed E-state index contributed by atoms with van der Waals surface area (Å²) in [7, 11) is 0. The van der Waals surface area contributed by atoms with Crippen LogP contribution in [0.5, 0.6) is 5.75 Å². The summed E-state index contributed by atoms with van der Waals surface area (Å²) in [5.41, 5.74) is 1.17. The van der Waals surface area contributed by atoms with Crippen molar-refractivity contribution in [3.63, 3.8) is 0 Å². The quantitative estimate of drug-likeness (QED) is 0.850. The normalized spacial score (nSPS) is 17.0. The fourth-order valence-electron chi connectivity index (χ4n) is 2.82. The van der Waals surface area contributed by atoms with Crippen molar-refractivity contribution in [2.75, 3.05) is 13.1 Å². The number of benzene rings is 1. The van der Waals surface area contributed by atoms with Gasteiger partial charge in [-0.05, 0) is 37.3 Å². The zero-order valence-corrected chi connectivity index (χ0v) is 14.0. The summed E-state index contributed by atoms with van der Waals surface area (Å²) in [5.74, 6) is 1.24. The lowest BCUT2D eigenvalue weighted by Gasteiger charge is -2.25. The SMILES string of the molecule is CC(NC(=O)N1CCCCCC1)Oc1ccccc1C(C)C. The minimum absolute atomic E-state index is 0.0172. The van der Waals surface area contributed by atoms with Crippen LogP contribution in [0.1, 0.15) is 57.9 Å². The molecule has 4 heteroatoms. The Morgan fingerprint density at radius 2 is 1.73 bits per heavy atom. The number of hydrogen-bond donors (Lipinski definition) is 1. The molecule has 22 heavy (non-hydrogen) atoms. The maximum absolute atomic E-state index is 12.3. The van der Waals surface area contributed by atoms with Crippen LogP contribution in [0.25, 0.3) is 0 Å². The van der Waals surface area contributed by atoms with Crippen LogP contribution in [0.3, 0.4) is 0 Å². The van der Waals surface area contributed by atoms with Crippen LogP contribution in [0.15, 0.2) is 24.3 Å². The molecule has 1 unspecified atom stereocenters. The Hall–Kier alpha value is -1.71. The number of urea groups is 1. The number of hydrogen-bond acceptors (Lipinski definition) is 2. The van der Waals surface area contributed by atoms with E-state index >= 15 is 0 Å². The third-order valence-electron chi connectivity index (χ3n) is 4.06. The molecule has 2 amide bonds. The molecular formula is C18H28N2O2. The van der Waals surface area contributed by atoms with Gasteiger partial charge in [-0.3, -0.25) is 0 Å². The number of carbonyl (C=O) groups is 1. The Morgan fingerprint density at radius 3 is 2.36 bits per heavy atom. The molecule has 0 aromatic heterocycles. The lowest BCUT2D eigenvalue weighted by Crippen LogP contribution is -2.46. The molecule has 1 N–H and O–H groups in total. The van der Waals surface area contributed by atoms with Gasteiger partial charge in [-0.15, -0.1) is 0 Å². The standard InChI is InChI=1S/C18H28N2O2/c1-14(2)16-10-6-7-11-17(16)22-15(3)19-18(21)20-12-8-4-5-9-13-20/h6-7,10-11,14-15H,4-5,8-9,12-13H2,1-3H3,(H,19,21). The van der Waals surface area contributed by atoms with Crippen LogP contribution < -0.4 is 10.1 Å². The highest BCUT2D eigenvalue weighted by molar-refractivity contribution is 5.74. The molecule has 1 aliphatic rings. The Labute approximate surface area is 133 Å². The molecule has 0 bridgehead atoms. The highest BCUT2D eigenvalue weighted by atomic mass is 16.5. The molecule has 1 atom stereocenters. The van der Waals surface area contributed by atoms with E-state index in [1.54, 1.807) is 0 Å². The average molecular weight is 304 g/mol. The number of nitrogens with one attached hydrogen (secondary N) is 1. The van der Waals surface area contributed by atoms with Crippen LogP contribution in [-0.2, 0) is 0 Å². The zero-order valence-electron chi connectivity index (χ0n) is 14.0. The van der Waals surface area contributed by atoms with Crippen molar-refractivity contribution >= 4 is 6.03 Å². The highest BCUT2D eigenvalue weighted by Crippen LogP contribution is 2.26. The Bertz CT molecular complexity index is 480. The van der Waals surface area contributed by atoms with Crippen LogP contribution in [0.4, 0.5) is 4.79 Å². The Kier molecular flexibility index (Phi) is 6.10. The Balaban J connectivity index is 1.92. The minimum Gasteiger partial charge on any atom is -0.471 e. The van der Waals surface area contributed by atoms with Gasteiger partial charge >= 0.3 is 6.03 Å². The van der Waals surface area contributed by atoms with Crippen molar-refractivity contribution in [2.45, 2.75) is 58.6 Å². The third kappa shape index (κ3) is 4.65. The first-order chi connectivity index (χ1) is 10.6. The number of ether oxygens (including phenoxy) is 1. The fourth-order valence-corrected chi connectivity index (χ4v) is 2.82. The predicted molar refractivity (Wildman–Crippen MR) is 89.2 cm³/mol. The molecule has 1 aromatic carbocycles. The monoisotopic (exact) mass is 304 g/mol. The van der Waals surface area contributed by atoms with Gasteiger partial charge < -0.3 is 15.0 Å². The van der Waals surface area contributed by atoms with Crippen molar-refractivity contribution in [2.24, 2.45) is 0 Å². The van der Waals surface area contributed by atoms with Gasteiger partial charge in [-0.2, -0.15) is 0 Å². The van der Waals surface area contributed by atoms with Crippen LogP contribution in [0.2, 0.25) is 0 Å². The molecule has 1 saturated heterocycles. The Morgan fingerprint density at radius 1 is 1.09 bits per heavy atom. The third-order valence-corrected chi connectivity index (χ3v) is 4.06. The number of nitrogens with zero attached hydrogens (tertiary/aromatic N) is 1. The van der Waals surface area contributed by atoms with Crippen molar-refractivity contribution < 1.29 is 9.53 Å². The van der Waals surface area contributed by atoms with E-state index in [-0.39, 0.29) is 12.3 Å². The first kappa shape index (κ1) is 16.7. The first-order valence-corrected chi connectivity index (χ1v) is 8.39. The summed E-state index contributed by atoms with van der Waals surface area (Å²) in [6.07, 6.45) is 4.29. The zero-order chi connectivity index (χ0) is 15.9. The number of amides is 2. The smallest absolute Gasteiger partial charge is 0.320 e. The van der Waals surface area contributed by atoms with Crippen molar-refractivity contribution in [3.05, 3.63) is 29.8 Å². The maximum Gasteiger partial charge on any atom is 0.320 e. The first-order valence-electron chi connectivity index (χ1n) is 8.39. The van der Waals surface area contributed by atoms with E-state index in [2.05, 4.69) is 25.2 Å². The second-order valence-electron chi connectivity index (χ2n) is 6.30. The molecule has 0 spiro atoms. The summed E-state index contributed by atoms with van der Waals surface area (Å²) in [6.45, 7) is 7.86. The molecule has 0 saturated carbocycles. The van der Waals surface area contributed by atoms with Gasteiger partial charge in [0.1, 0.15) is 5.75 Å². The molecule has 2 rings (SSSR count). The molecule has 1 fully saturated rings. The number of likely N-dealkylation sites (tertiary alicyclic amines) is 1. The second-order valence-corrected chi connectivity index (χ2v) is 6.30. The topological polar surface area (TPSA) is 41.6 Å². The van der Waals surface area contributed by atoms with E-state index in [1.165, 1.54) is 18.4 Å². The van der Waals surface area contributed by atoms with Gasteiger partial charge in [0.15, 0.2) is 6.23 Å². The molecule has 0 aliphatic carbocycles. The lowest BCUT2D eigenvalue weighted by molar-refractivity contribution is 0.153. The molecule has 1 aromatic rings. The van der Waals surface area contributed by atoms with Gasteiger partial charge in [0, 0.05) is 13.1 Å².